The molecule has 2 amide bonds. The van der Waals surface area contributed by atoms with Crippen LogP contribution in [0.5, 0.6) is 0 Å². The minimum absolute atomic E-state index is 0.0560. The van der Waals surface area contributed by atoms with E-state index in [0.717, 1.165) is 22.2 Å². The Morgan fingerprint density at radius 1 is 1.03 bits per heavy atom. The number of ether oxygens (including phenoxy) is 1. The van der Waals surface area contributed by atoms with Gasteiger partial charge >= 0.3 is 5.76 Å². The lowest BCUT2D eigenvalue weighted by Gasteiger charge is -2.26. The highest BCUT2D eigenvalue weighted by molar-refractivity contribution is 7.18. The topological polar surface area (TPSA) is 107 Å². The molecular formula is C28H23ClN4O5S. The number of hydrogen-bond donors (Lipinski definition) is 1. The summed E-state index contributed by atoms with van der Waals surface area (Å²) in [5, 5.41) is 3.96. The quantitative estimate of drug-likeness (QED) is 0.333. The number of nitrogens with one attached hydrogen (secondary N) is 1. The monoisotopic (exact) mass is 562 g/mol. The van der Waals surface area contributed by atoms with Crippen molar-refractivity contribution in [2.75, 3.05) is 24.7 Å². The second-order valence-corrected chi connectivity index (χ2v) is 10.1. The van der Waals surface area contributed by atoms with Crippen LogP contribution in [0.3, 0.4) is 0 Å². The van der Waals surface area contributed by atoms with Crippen molar-refractivity contribution in [2.45, 2.75) is 6.54 Å². The molecule has 0 bridgehead atoms. The van der Waals surface area contributed by atoms with Crippen LogP contribution in [0.2, 0.25) is 4.34 Å². The molecule has 6 rings (SSSR count). The summed E-state index contributed by atoms with van der Waals surface area (Å²) in [7, 11) is 0. The number of benzene rings is 2. The molecule has 0 spiro atoms. The minimum atomic E-state index is -0.435. The van der Waals surface area contributed by atoms with E-state index in [1.807, 2.05) is 30.3 Å². The van der Waals surface area contributed by atoms with Gasteiger partial charge in [-0.25, -0.2) is 9.36 Å². The Labute approximate surface area is 232 Å². The van der Waals surface area contributed by atoms with Gasteiger partial charge in [0.05, 0.1) is 33.2 Å². The number of hydrogen-bond acceptors (Lipinski definition) is 7. The zero-order valence-electron chi connectivity index (χ0n) is 20.6. The second-order valence-electron chi connectivity index (χ2n) is 8.43. The molecule has 11 heteroatoms. The Morgan fingerprint density at radius 2 is 1.85 bits per heavy atom. The number of thiophene rings is 1. The smallest absolute Gasteiger partial charge is 0.416 e. The molecular weight excluding hydrogens is 540 g/mol. The van der Waals surface area contributed by atoms with Gasteiger partial charge in [-0.15, -0.1) is 11.3 Å². The zero-order chi connectivity index (χ0) is 27.2. The van der Waals surface area contributed by atoms with Gasteiger partial charge in [-0.05, 0) is 54.1 Å². The summed E-state index contributed by atoms with van der Waals surface area (Å²) in [6, 6.07) is 20.4. The molecule has 39 heavy (non-hydrogen) atoms. The predicted octanol–water partition coefficient (Wildman–Crippen LogP) is 4.67. The molecule has 1 aliphatic rings. The number of rotatable bonds is 5. The maximum atomic E-state index is 12.0. The van der Waals surface area contributed by atoms with E-state index in [4.69, 9.17) is 20.8 Å². The molecule has 1 saturated heterocycles. The Balaban J connectivity index is 0.000000158. The molecule has 0 saturated carbocycles. The SMILES string of the molecule is O=C(NCc1cccc2ncccc12)c1ccc(Cl)s1.O=C1COCCN1c1ccc(-n2ccoc2=O)cc1. The summed E-state index contributed by atoms with van der Waals surface area (Å²) in [5.41, 5.74) is 3.47. The Kier molecular flexibility index (Phi) is 8.16. The molecule has 0 aliphatic carbocycles. The fourth-order valence-corrected chi connectivity index (χ4v) is 5.02. The van der Waals surface area contributed by atoms with E-state index in [1.54, 1.807) is 53.7 Å². The number of amides is 2. The van der Waals surface area contributed by atoms with Crippen molar-refractivity contribution >= 4 is 51.3 Å². The normalized spacial score (nSPS) is 13.2. The number of aromatic nitrogens is 2. The van der Waals surface area contributed by atoms with Crippen LogP contribution < -0.4 is 16.0 Å². The number of nitrogens with zero attached hydrogens (tertiary/aromatic N) is 3. The number of morpholine rings is 1. The Bertz CT molecular complexity index is 1660. The van der Waals surface area contributed by atoms with Crippen molar-refractivity contribution in [1.29, 1.82) is 0 Å². The van der Waals surface area contributed by atoms with Crippen molar-refractivity contribution in [1.82, 2.24) is 14.9 Å². The van der Waals surface area contributed by atoms with Crippen LogP contribution in [0.15, 0.2) is 94.6 Å². The van der Waals surface area contributed by atoms with E-state index in [9.17, 15) is 14.4 Å². The van der Waals surface area contributed by atoms with Crippen LogP contribution in [-0.4, -0.2) is 41.1 Å². The van der Waals surface area contributed by atoms with Gasteiger partial charge in [0.15, 0.2) is 0 Å². The van der Waals surface area contributed by atoms with Crippen molar-refractivity contribution in [3.05, 3.63) is 111 Å². The van der Waals surface area contributed by atoms with Crippen LogP contribution >= 0.6 is 22.9 Å². The van der Waals surface area contributed by atoms with Crippen LogP contribution in [0.25, 0.3) is 16.6 Å². The van der Waals surface area contributed by atoms with Gasteiger partial charge < -0.3 is 19.4 Å². The number of anilines is 1. The van der Waals surface area contributed by atoms with Gasteiger partial charge in [0, 0.05) is 30.4 Å². The van der Waals surface area contributed by atoms with Crippen LogP contribution in [-0.2, 0) is 16.1 Å². The van der Waals surface area contributed by atoms with Crippen molar-refractivity contribution < 1.29 is 18.7 Å². The van der Waals surface area contributed by atoms with Gasteiger partial charge in [-0.1, -0.05) is 29.8 Å². The third-order valence-electron chi connectivity index (χ3n) is 5.97. The summed E-state index contributed by atoms with van der Waals surface area (Å²) >= 11 is 7.11. The average Bonchev–Trinajstić information content (AvgIpc) is 3.60. The van der Waals surface area contributed by atoms with E-state index in [1.165, 1.54) is 22.2 Å². The van der Waals surface area contributed by atoms with Crippen LogP contribution in [0.4, 0.5) is 5.69 Å². The molecule has 5 aromatic rings. The molecule has 2 aromatic carbocycles. The third-order valence-corrected chi connectivity index (χ3v) is 7.20. The number of fused-ring (bicyclic) bond motifs is 1. The van der Waals surface area contributed by atoms with Crippen LogP contribution in [0, 0.1) is 0 Å². The molecule has 0 unspecified atom stereocenters. The summed E-state index contributed by atoms with van der Waals surface area (Å²) < 4.78 is 11.8. The predicted molar refractivity (Wildman–Crippen MR) is 150 cm³/mol. The fraction of sp³-hybridized carbons (Fsp3) is 0.143. The first-order valence-corrected chi connectivity index (χ1v) is 13.2. The molecule has 9 nitrogen and oxygen atoms in total. The maximum absolute atomic E-state index is 12.0. The maximum Gasteiger partial charge on any atom is 0.423 e. The molecule has 0 radical (unpaired) electrons. The Hall–Kier alpha value is -4.25. The van der Waals surface area contributed by atoms with Crippen molar-refractivity contribution in [2.24, 2.45) is 0 Å². The van der Waals surface area contributed by atoms with Gasteiger partial charge in [0.25, 0.3) is 11.8 Å². The molecule has 3 aromatic heterocycles. The van der Waals surface area contributed by atoms with Gasteiger partial charge in [-0.3, -0.25) is 14.6 Å². The van der Waals surface area contributed by atoms with E-state index >= 15 is 0 Å². The fourth-order valence-electron chi connectivity index (χ4n) is 4.06. The first-order valence-electron chi connectivity index (χ1n) is 12.0. The lowest BCUT2D eigenvalue weighted by Crippen LogP contribution is -2.41. The van der Waals surface area contributed by atoms with E-state index in [-0.39, 0.29) is 18.4 Å². The first-order chi connectivity index (χ1) is 19.0. The number of halogens is 1. The minimum Gasteiger partial charge on any atom is -0.416 e. The highest BCUT2D eigenvalue weighted by Gasteiger charge is 2.20. The Morgan fingerprint density at radius 3 is 2.56 bits per heavy atom. The summed E-state index contributed by atoms with van der Waals surface area (Å²) in [6.45, 7) is 1.67. The lowest BCUT2D eigenvalue weighted by molar-refractivity contribution is -0.125. The molecule has 1 N–H and O–H groups in total. The second kappa shape index (κ2) is 12.1. The molecule has 4 heterocycles. The summed E-state index contributed by atoms with van der Waals surface area (Å²) in [5.74, 6) is -0.600. The largest absolute Gasteiger partial charge is 0.423 e. The van der Waals surface area contributed by atoms with Gasteiger partial charge in [0.2, 0.25) is 0 Å². The van der Waals surface area contributed by atoms with E-state index in [0.29, 0.717) is 34.6 Å². The molecule has 1 aliphatic heterocycles. The summed E-state index contributed by atoms with van der Waals surface area (Å²) in [6.07, 6.45) is 4.65. The van der Waals surface area contributed by atoms with E-state index in [2.05, 4.69) is 10.3 Å². The van der Waals surface area contributed by atoms with Crippen molar-refractivity contribution in [3.63, 3.8) is 0 Å². The molecule has 198 valence electrons. The standard InChI is InChI=1S/C15H11ClN2OS.C13H12N2O4/c16-14-7-6-13(20-14)15(19)18-9-10-3-1-5-12-11(10)4-2-8-17-12;16-12-9-18-7-5-14(12)10-1-3-11(4-2-10)15-6-8-19-13(15)17/h1-8H,9H2,(H,18,19);1-4,6,8H,5,7,9H2. The first kappa shape index (κ1) is 26.4. The lowest BCUT2D eigenvalue weighted by atomic mass is 10.1. The molecule has 0 atom stereocenters. The van der Waals surface area contributed by atoms with Crippen LogP contribution in [0.1, 0.15) is 15.2 Å². The van der Waals surface area contributed by atoms with E-state index < -0.39 is 5.76 Å². The average molecular weight is 563 g/mol. The molecule has 1 fully saturated rings. The van der Waals surface area contributed by atoms with Crippen molar-refractivity contribution in [3.8, 4) is 5.69 Å². The number of pyridine rings is 1. The zero-order valence-corrected chi connectivity index (χ0v) is 22.2. The highest BCUT2D eigenvalue weighted by Crippen LogP contribution is 2.22. The number of oxazole rings is 1. The van der Waals surface area contributed by atoms with Gasteiger partial charge in [-0.2, -0.15) is 0 Å². The number of carbonyl (C=O) groups excluding carboxylic acids is 2. The third kappa shape index (κ3) is 6.26. The highest BCUT2D eigenvalue weighted by atomic mass is 35.5. The number of carbonyl (C=O) groups is 2. The summed E-state index contributed by atoms with van der Waals surface area (Å²) in [4.78, 5) is 41.7. The van der Waals surface area contributed by atoms with Gasteiger partial charge in [0.1, 0.15) is 12.9 Å².